The maximum atomic E-state index is 6.26. The summed E-state index contributed by atoms with van der Waals surface area (Å²) in [6.07, 6.45) is 33.8. The molecule has 2 fully saturated rings. The van der Waals surface area contributed by atoms with Crippen molar-refractivity contribution in [3.63, 3.8) is 0 Å². The molecule has 2 aliphatic carbocycles. The van der Waals surface area contributed by atoms with Crippen LogP contribution in [-0.2, 0) is 4.74 Å². The Labute approximate surface area is 196 Å². The van der Waals surface area contributed by atoms with Crippen LogP contribution < -0.4 is 0 Å². The van der Waals surface area contributed by atoms with Crippen molar-refractivity contribution in [1.29, 1.82) is 0 Å². The molecule has 2 rings (SSSR count). The molecule has 0 atom stereocenters. The molecular formula is C30H58O. The quantitative estimate of drug-likeness (QED) is 0.195. The van der Waals surface area contributed by atoms with E-state index < -0.39 is 0 Å². The van der Waals surface area contributed by atoms with Crippen LogP contribution in [0.2, 0.25) is 0 Å². The van der Waals surface area contributed by atoms with Crippen LogP contribution in [0.4, 0.5) is 0 Å². The molecule has 0 bridgehead atoms. The van der Waals surface area contributed by atoms with Gasteiger partial charge in [-0.05, 0) is 62.7 Å². The lowest BCUT2D eigenvalue weighted by Crippen LogP contribution is -2.28. The highest BCUT2D eigenvalue weighted by Gasteiger charge is 2.30. The summed E-state index contributed by atoms with van der Waals surface area (Å²) in [5, 5.41) is 0. The first-order valence-corrected chi connectivity index (χ1v) is 14.9. The molecule has 0 unspecified atom stereocenters. The molecule has 0 aromatic carbocycles. The summed E-state index contributed by atoms with van der Waals surface area (Å²) >= 11 is 0. The van der Waals surface area contributed by atoms with Crippen molar-refractivity contribution in [3.05, 3.63) is 0 Å². The summed E-state index contributed by atoms with van der Waals surface area (Å²) in [6.45, 7) is 5.64. The van der Waals surface area contributed by atoms with Gasteiger partial charge in [-0.2, -0.15) is 0 Å². The molecule has 1 nitrogen and oxygen atoms in total. The van der Waals surface area contributed by atoms with Crippen molar-refractivity contribution in [2.24, 2.45) is 17.8 Å². The van der Waals surface area contributed by atoms with Gasteiger partial charge in [0.25, 0.3) is 0 Å². The van der Waals surface area contributed by atoms with E-state index in [0.29, 0.717) is 6.10 Å². The van der Waals surface area contributed by atoms with Crippen LogP contribution in [0.1, 0.15) is 162 Å². The average Bonchev–Trinajstić information content (AvgIpc) is 2.81. The zero-order chi connectivity index (χ0) is 22.0. The third kappa shape index (κ3) is 12.7. The van der Waals surface area contributed by atoms with Crippen molar-refractivity contribution in [3.8, 4) is 0 Å². The zero-order valence-corrected chi connectivity index (χ0v) is 21.7. The molecular weight excluding hydrogens is 376 g/mol. The Kier molecular flexibility index (Phi) is 16.1. The van der Waals surface area contributed by atoms with E-state index in [2.05, 4.69) is 13.8 Å². The fourth-order valence-corrected chi connectivity index (χ4v) is 6.37. The summed E-state index contributed by atoms with van der Waals surface area (Å²) in [5.41, 5.74) is 0. The van der Waals surface area contributed by atoms with Gasteiger partial charge in [-0.15, -0.1) is 0 Å². The first-order chi connectivity index (χ1) is 15.3. The van der Waals surface area contributed by atoms with Crippen LogP contribution in [0.25, 0.3) is 0 Å². The summed E-state index contributed by atoms with van der Waals surface area (Å²) in [6, 6.07) is 0. The standard InChI is InChI=1S/C30H58O/c1-3-5-7-9-11-12-14-16-26-31-30-24-22-29(23-25-30)28-20-18-27(19-21-28)17-15-13-10-8-6-4-2/h27-30H,3-26H2,1-2H3/t27?,28?,29-,30-. The number of hydrogen-bond donors (Lipinski definition) is 0. The fourth-order valence-electron chi connectivity index (χ4n) is 6.37. The molecule has 0 aromatic rings. The Morgan fingerprint density at radius 3 is 1.48 bits per heavy atom. The molecule has 0 aliphatic heterocycles. The van der Waals surface area contributed by atoms with Gasteiger partial charge in [-0.3, -0.25) is 0 Å². The second kappa shape index (κ2) is 18.4. The van der Waals surface area contributed by atoms with Crippen LogP contribution in [-0.4, -0.2) is 12.7 Å². The van der Waals surface area contributed by atoms with Crippen molar-refractivity contribution in [2.45, 2.75) is 168 Å². The highest BCUT2D eigenvalue weighted by molar-refractivity contribution is 4.82. The second-order valence-electron chi connectivity index (χ2n) is 11.2. The molecule has 184 valence electrons. The van der Waals surface area contributed by atoms with Gasteiger partial charge in [0.05, 0.1) is 6.10 Å². The van der Waals surface area contributed by atoms with Crippen molar-refractivity contribution >= 4 is 0 Å². The molecule has 0 amide bonds. The summed E-state index contributed by atoms with van der Waals surface area (Å²) in [4.78, 5) is 0. The molecule has 0 radical (unpaired) electrons. The number of rotatable bonds is 18. The van der Waals surface area contributed by atoms with E-state index in [-0.39, 0.29) is 0 Å². The topological polar surface area (TPSA) is 9.23 Å². The maximum Gasteiger partial charge on any atom is 0.0575 e. The summed E-state index contributed by atoms with van der Waals surface area (Å²) < 4.78 is 6.26. The van der Waals surface area contributed by atoms with Gasteiger partial charge in [0, 0.05) is 6.61 Å². The third-order valence-corrected chi connectivity index (χ3v) is 8.59. The zero-order valence-electron chi connectivity index (χ0n) is 21.7. The van der Waals surface area contributed by atoms with E-state index in [0.717, 1.165) is 24.4 Å². The molecule has 1 heteroatoms. The number of ether oxygens (including phenoxy) is 1. The van der Waals surface area contributed by atoms with Crippen LogP contribution in [0.3, 0.4) is 0 Å². The van der Waals surface area contributed by atoms with Crippen LogP contribution >= 0.6 is 0 Å². The Hall–Kier alpha value is -0.0400. The third-order valence-electron chi connectivity index (χ3n) is 8.59. The van der Waals surface area contributed by atoms with E-state index in [9.17, 15) is 0 Å². The highest BCUT2D eigenvalue weighted by atomic mass is 16.5. The van der Waals surface area contributed by atoms with Gasteiger partial charge in [-0.1, -0.05) is 117 Å². The SMILES string of the molecule is CCCCCCCCCCO[C@H]1CC[C@H](C2CCC(CCCCCCCC)CC2)CC1. The highest BCUT2D eigenvalue weighted by Crippen LogP contribution is 2.41. The molecule has 0 spiro atoms. The molecule has 0 aromatic heterocycles. The molecule has 0 heterocycles. The first kappa shape index (κ1) is 27.2. The summed E-state index contributed by atoms with van der Waals surface area (Å²) in [5.74, 6) is 3.14. The minimum absolute atomic E-state index is 0.588. The minimum Gasteiger partial charge on any atom is -0.378 e. The van der Waals surface area contributed by atoms with Crippen molar-refractivity contribution in [1.82, 2.24) is 0 Å². The number of hydrogen-bond acceptors (Lipinski definition) is 1. The Bertz CT molecular complexity index is 376. The summed E-state index contributed by atoms with van der Waals surface area (Å²) in [7, 11) is 0. The fraction of sp³-hybridized carbons (Fsp3) is 1.00. The van der Waals surface area contributed by atoms with Crippen molar-refractivity contribution < 1.29 is 4.74 Å². The number of unbranched alkanes of at least 4 members (excludes halogenated alkanes) is 12. The van der Waals surface area contributed by atoms with Gasteiger partial charge in [0.2, 0.25) is 0 Å². The smallest absolute Gasteiger partial charge is 0.0575 e. The van der Waals surface area contributed by atoms with Gasteiger partial charge in [0.15, 0.2) is 0 Å². The lowest BCUT2D eigenvalue weighted by Gasteiger charge is -2.38. The van der Waals surface area contributed by atoms with E-state index in [1.807, 2.05) is 0 Å². The van der Waals surface area contributed by atoms with E-state index in [1.54, 1.807) is 0 Å². The Morgan fingerprint density at radius 1 is 0.484 bits per heavy atom. The maximum absolute atomic E-state index is 6.26. The van der Waals surface area contributed by atoms with Gasteiger partial charge in [0.1, 0.15) is 0 Å². The lowest BCUT2D eigenvalue weighted by atomic mass is 9.70. The van der Waals surface area contributed by atoms with E-state index in [4.69, 9.17) is 4.74 Å². The minimum atomic E-state index is 0.588. The Morgan fingerprint density at radius 2 is 0.935 bits per heavy atom. The predicted molar refractivity (Wildman–Crippen MR) is 138 cm³/mol. The van der Waals surface area contributed by atoms with Gasteiger partial charge in [-0.25, -0.2) is 0 Å². The average molecular weight is 435 g/mol. The molecule has 31 heavy (non-hydrogen) atoms. The predicted octanol–water partition coefficient (Wildman–Crippen LogP) is 10.3. The van der Waals surface area contributed by atoms with E-state index in [1.165, 1.54) is 148 Å². The Balaban J connectivity index is 1.42. The van der Waals surface area contributed by atoms with Gasteiger partial charge >= 0.3 is 0 Å². The van der Waals surface area contributed by atoms with Crippen molar-refractivity contribution in [2.75, 3.05) is 6.61 Å². The van der Waals surface area contributed by atoms with Crippen LogP contribution in [0, 0.1) is 17.8 Å². The molecule has 0 saturated heterocycles. The molecule has 2 aliphatic rings. The molecule has 2 saturated carbocycles. The van der Waals surface area contributed by atoms with Crippen LogP contribution in [0.15, 0.2) is 0 Å². The lowest BCUT2D eigenvalue weighted by molar-refractivity contribution is 0.00526. The van der Waals surface area contributed by atoms with Crippen LogP contribution in [0.5, 0.6) is 0 Å². The van der Waals surface area contributed by atoms with E-state index >= 15 is 0 Å². The van der Waals surface area contributed by atoms with Gasteiger partial charge < -0.3 is 4.74 Å². The largest absolute Gasteiger partial charge is 0.378 e. The second-order valence-corrected chi connectivity index (χ2v) is 11.2. The normalized spacial score (nSPS) is 26.9. The first-order valence-electron chi connectivity index (χ1n) is 14.9. The molecule has 0 N–H and O–H groups in total. The monoisotopic (exact) mass is 434 g/mol.